The molecule has 6 rings (SSSR count). The first-order valence-electron chi connectivity index (χ1n) is 17.2. The quantitative estimate of drug-likeness (QED) is 0.137. The van der Waals surface area contributed by atoms with Crippen molar-refractivity contribution in [2.24, 2.45) is 4.99 Å². The van der Waals surface area contributed by atoms with Gasteiger partial charge in [0.25, 0.3) is 0 Å². The summed E-state index contributed by atoms with van der Waals surface area (Å²) in [6.45, 7) is 3.05. The zero-order valence-corrected chi connectivity index (χ0v) is 28.3. The zero-order valence-electron chi connectivity index (χ0n) is 28.3. The molecule has 4 aliphatic rings. The standard InChI is InChI=1S/C38H43NO11/c1-3-47-37(45)36-26(19-42)31(23-7-9-29(44)24(17-23)21-6-8-28-22(16-21)10-12-39-28)32-34(48-15-5-14-41)25-18-30(38(2,46)11-4-13-40)49-33(25)27(20-43)35(32)50-36/h6,8,10,16,19,24,30,40-41,43,46H,3-5,7,9,11-15,17-18,20H2,1-2H3. The molecule has 0 spiro atoms. The van der Waals surface area contributed by atoms with Crippen LogP contribution in [-0.4, -0.2) is 83.1 Å². The highest BCUT2D eigenvalue weighted by Crippen LogP contribution is 2.56. The van der Waals surface area contributed by atoms with Gasteiger partial charge in [-0.15, -0.1) is 0 Å². The Morgan fingerprint density at radius 3 is 2.64 bits per heavy atom. The summed E-state index contributed by atoms with van der Waals surface area (Å²) in [5.74, 6) is -1.19. The molecule has 3 atom stereocenters. The molecule has 0 bridgehead atoms. The van der Waals surface area contributed by atoms with Gasteiger partial charge < -0.3 is 39.4 Å². The number of hydrogen-bond donors (Lipinski definition) is 4. The number of benzene rings is 2. The number of rotatable bonds is 13. The molecular weight excluding hydrogens is 646 g/mol. The summed E-state index contributed by atoms with van der Waals surface area (Å²) in [5, 5.41) is 43.1. The summed E-state index contributed by atoms with van der Waals surface area (Å²) < 4.78 is 24.2. The monoisotopic (exact) mass is 689 g/mol. The van der Waals surface area contributed by atoms with E-state index < -0.39 is 30.2 Å². The third-order valence-corrected chi connectivity index (χ3v) is 9.88. The number of aldehydes is 1. The Hall–Kier alpha value is -4.36. The molecule has 0 amide bonds. The Labute approximate surface area is 289 Å². The number of carbonyl (C=O) groups is 3. The van der Waals surface area contributed by atoms with Crippen molar-refractivity contribution in [1.29, 1.82) is 0 Å². The van der Waals surface area contributed by atoms with E-state index in [9.17, 15) is 34.8 Å². The number of aliphatic hydroxyl groups is 4. The molecule has 3 heterocycles. The lowest BCUT2D eigenvalue weighted by molar-refractivity contribution is -0.141. The molecule has 12 heteroatoms. The molecule has 50 heavy (non-hydrogen) atoms. The Kier molecular flexibility index (Phi) is 10.5. The largest absolute Gasteiger partial charge is 0.492 e. The van der Waals surface area contributed by atoms with E-state index >= 15 is 0 Å². The number of ether oxygens (including phenoxy) is 4. The number of aliphatic hydroxyl groups excluding tert-OH is 3. The van der Waals surface area contributed by atoms with Crippen molar-refractivity contribution >= 4 is 29.7 Å². The fraction of sp³-hybridized carbons (Fsp3) is 0.474. The molecule has 266 valence electrons. The van der Waals surface area contributed by atoms with Crippen LogP contribution in [0.1, 0.15) is 80.5 Å². The van der Waals surface area contributed by atoms with E-state index in [1.54, 1.807) is 13.8 Å². The predicted molar refractivity (Wildman–Crippen MR) is 180 cm³/mol. The first kappa shape index (κ1) is 35.5. The van der Waals surface area contributed by atoms with Crippen LogP contribution >= 0.6 is 0 Å². The maximum Gasteiger partial charge on any atom is 0.375 e. The smallest absolute Gasteiger partial charge is 0.375 e. The topological polar surface area (TPSA) is 181 Å². The molecule has 4 N–H and O–H groups in total. The number of hydrogen-bond acceptors (Lipinski definition) is 12. The molecule has 2 aromatic rings. The van der Waals surface area contributed by atoms with Gasteiger partial charge in [0.05, 0.1) is 54.0 Å². The van der Waals surface area contributed by atoms with Gasteiger partial charge in [0.1, 0.15) is 29.1 Å². The molecule has 0 radical (unpaired) electrons. The lowest BCUT2D eigenvalue weighted by Crippen LogP contribution is -2.42. The van der Waals surface area contributed by atoms with Crippen molar-refractivity contribution in [3.05, 3.63) is 67.9 Å². The van der Waals surface area contributed by atoms with Gasteiger partial charge in [0.15, 0.2) is 6.29 Å². The van der Waals surface area contributed by atoms with Crippen LogP contribution < -0.4 is 24.8 Å². The number of allylic oxidation sites excluding steroid dienone is 3. The fourth-order valence-corrected chi connectivity index (χ4v) is 7.33. The van der Waals surface area contributed by atoms with Gasteiger partial charge >= 0.3 is 5.97 Å². The summed E-state index contributed by atoms with van der Waals surface area (Å²) in [6.07, 6.45) is 3.47. The molecule has 12 nitrogen and oxygen atoms in total. The highest BCUT2D eigenvalue weighted by molar-refractivity contribution is 6.11. The average molecular weight is 690 g/mol. The van der Waals surface area contributed by atoms with Gasteiger partial charge in [0.2, 0.25) is 5.76 Å². The van der Waals surface area contributed by atoms with Crippen molar-refractivity contribution in [3.63, 3.8) is 0 Å². The molecule has 1 aliphatic carbocycles. The van der Waals surface area contributed by atoms with Crippen LogP contribution in [0.2, 0.25) is 0 Å². The van der Waals surface area contributed by atoms with E-state index in [2.05, 4.69) is 4.99 Å². The van der Waals surface area contributed by atoms with Crippen molar-refractivity contribution in [2.75, 3.05) is 33.0 Å². The van der Waals surface area contributed by atoms with Gasteiger partial charge in [-0.3, -0.25) is 14.6 Å². The number of esters is 1. The van der Waals surface area contributed by atoms with Gasteiger partial charge in [-0.25, -0.2) is 4.79 Å². The number of ketones is 1. The van der Waals surface area contributed by atoms with Crippen LogP contribution in [0.25, 0.3) is 11.6 Å². The van der Waals surface area contributed by atoms with Crippen LogP contribution in [-0.2, 0) is 32.1 Å². The van der Waals surface area contributed by atoms with Crippen molar-refractivity contribution in [2.45, 2.75) is 83.0 Å². The minimum atomic E-state index is -1.38. The van der Waals surface area contributed by atoms with Crippen molar-refractivity contribution in [1.82, 2.24) is 0 Å². The predicted octanol–water partition coefficient (Wildman–Crippen LogP) is 1.88. The van der Waals surface area contributed by atoms with E-state index in [-0.39, 0.29) is 98.5 Å². The van der Waals surface area contributed by atoms with E-state index in [1.165, 1.54) is 0 Å². The maximum absolute atomic E-state index is 13.5. The zero-order chi connectivity index (χ0) is 35.6. The molecule has 3 aliphatic heterocycles. The first-order chi connectivity index (χ1) is 24.2. The lowest BCUT2D eigenvalue weighted by Gasteiger charge is -2.32. The van der Waals surface area contributed by atoms with E-state index in [1.807, 2.05) is 24.3 Å². The maximum atomic E-state index is 13.5. The first-order valence-corrected chi connectivity index (χ1v) is 17.2. The van der Waals surface area contributed by atoms with E-state index in [0.29, 0.717) is 42.4 Å². The van der Waals surface area contributed by atoms with Crippen LogP contribution in [0, 0.1) is 0 Å². The minimum absolute atomic E-state index is 0.00901. The molecule has 1 saturated carbocycles. The third kappa shape index (κ3) is 6.48. The van der Waals surface area contributed by atoms with Crippen LogP contribution in [0.3, 0.4) is 0 Å². The fourth-order valence-electron chi connectivity index (χ4n) is 7.33. The number of nitrogens with zero attached hydrogens (tertiary/aromatic N) is 1. The number of carbonyl (C=O) groups excluding carboxylic acids is 3. The SMILES string of the molecule is CCOC(=O)C1=C(C=O)C(=C2CCC(=O)C(c3ccc4c(c3)=CCN=4)C2)c2c(OCCCO)c3c(c(CO)c2O1)OC(C(C)(O)CCCO)C3. The molecule has 0 saturated heterocycles. The minimum Gasteiger partial charge on any atom is -0.492 e. The Balaban J connectivity index is 1.59. The highest BCUT2D eigenvalue weighted by Gasteiger charge is 2.46. The second kappa shape index (κ2) is 14.9. The highest BCUT2D eigenvalue weighted by atomic mass is 16.6. The number of Topliss-reactive ketones (excluding diaryl/α,β-unsaturated/α-hetero) is 1. The van der Waals surface area contributed by atoms with Crippen LogP contribution in [0.4, 0.5) is 0 Å². The normalized spacial score (nSPS) is 21.9. The van der Waals surface area contributed by atoms with Gasteiger partial charge in [-0.2, -0.15) is 0 Å². The van der Waals surface area contributed by atoms with E-state index in [0.717, 1.165) is 21.7 Å². The van der Waals surface area contributed by atoms with Gasteiger partial charge in [-0.05, 0) is 62.4 Å². The molecular formula is C38H43NO11. The second-order valence-electron chi connectivity index (χ2n) is 13.1. The summed E-state index contributed by atoms with van der Waals surface area (Å²) in [7, 11) is 0. The third-order valence-electron chi connectivity index (χ3n) is 9.88. The van der Waals surface area contributed by atoms with Crippen molar-refractivity contribution in [3.8, 4) is 17.2 Å². The van der Waals surface area contributed by atoms with E-state index in [4.69, 9.17) is 18.9 Å². The Morgan fingerprint density at radius 2 is 1.92 bits per heavy atom. The average Bonchev–Trinajstić information content (AvgIpc) is 3.78. The van der Waals surface area contributed by atoms with Crippen molar-refractivity contribution < 1.29 is 53.8 Å². The summed E-state index contributed by atoms with van der Waals surface area (Å²) in [4.78, 5) is 44.4. The summed E-state index contributed by atoms with van der Waals surface area (Å²) in [6, 6.07) is 5.77. The Morgan fingerprint density at radius 1 is 1.12 bits per heavy atom. The molecule has 2 aromatic carbocycles. The molecule has 3 unspecified atom stereocenters. The van der Waals surface area contributed by atoms with Crippen LogP contribution in [0.5, 0.6) is 17.2 Å². The summed E-state index contributed by atoms with van der Waals surface area (Å²) in [5.41, 5.74) is 1.49. The second-order valence-corrected chi connectivity index (χ2v) is 13.1. The molecule has 0 aromatic heterocycles. The lowest BCUT2D eigenvalue weighted by atomic mass is 9.75. The van der Waals surface area contributed by atoms with Gasteiger partial charge in [0, 0.05) is 49.5 Å². The summed E-state index contributed by atoms with van der Waals surface area (Å²) >= 11 is 0. The molecule has 1 fully saturated rings. The Bertz CT molecular complexity index is 1890. The van der Waals surface area contributed by atoms with Gasteiger partial charge in [-0.1, -0.05) is 17.7 Å². The van der Waals surface area contributed by atoms with Crippen LogP contribution in [0.15, 0.2) is 40.1 Å². The number of fused-ring (bicyclic) bond motifs is 3.